The molecule has 0 aliphatic rings. The van der Waals surface area contributed by atoms with Crippen LogP contribution in [0, 0.1) is 6.92 Å². The number of azo groups is 1. The van der Waals surface area contributed by atoms with Crippen LogP contribution in [0.25, 0.3) is 0 Å². The van der Waals surface area contributed by atoms with Gasteiger partial charge in [0.15, 0.2) is 0 Å². The number of aryl methyl sites for hydroxylation is 1. The first-order chi connectivity index (χ1) is 13.2. The third-order valence-corrected chi connectivity index (χ3v) is 4.73. The number of halogens is 4. The summed E-state index contributed by atoms with van der Waals surface area (Å²) in [6, 6.07) is 9.18. The van der Waals surface area contributed by atoms with Crippen molar-refractivity contribution in [2.75, 3.05) is 31.2 Å². The largest absolute Gasteiger partial charge is 0.446 e. The van der Waals surface area contributed by atoms with Crippen molar-refractivity contribution >= 4 is 40.4 Å². The average molecular weight is 434 g/mol. The Balaban J connectivity index is 2.28. The quantitative estimate of drug-likeness (QED) is 0.428. The average Bonchev–Trinajstić information content (AvgIpc) is 2.61. The monoisotopic (exact) mass is 433 g/mol. The van der Waals surface area contributed by atoms with Gasteiger partial charge in [0.25, 0.3) is 0 Å². The van der Waals surface area contributed by atoms with Crippen LogP contribution in [0.2, 0.25) is 5.02 Å². The van der Waals surface area contributed by atoms with Gasteiger partial charge in [0, 0.05) is 28.7 Å². The fourth-order valence-electron chi connectivity index (χ4n) is 2.45. The molecule has 0 atom stereocenters. The van der Waals surface area contributed by atoms with E-state index in [-0.39, 0.29) is 40.6 Å². The molecule has 2 aromatic rings. The van der Waals surface area contributed by atoms with Gasteiger partial charge in [-0.1, -0.05) is 11.6 Å². The van der Waals surface area contributed by atoms with Crippen molar-refractivity contribution in [3.8, 4) is 0 Å². The molecule has 10 heteroatoms. The Morgan fingerprint density at radius 2 is 1.64 bits per heavy atom. The van der Waals surface area contributed by atoms with E-state index in [1.807, 2.05) is 11.0 Å². The molecule has 0 amide bonds. The lowest BCUT2D eigenvalue weighted by molar-refractivity contribution is -0.0328. The number of benzene rings is 2. The summed E-state index contributed by atoms with van der Waals surface area (Å²) in [5.41, 5.74) is -2.40. The summed E-state index contributed by atoms with van der Waals surface area (Å²) in [5, 5.41) is 26.6. The number of aliphatic hydroxyl groups is 2. The van der Waals surface area contributed by atoms with E-state index < -0.39 is 5.51 Å². The highest BCUT2D eigenvalue weighted by Crippen LogP contribution is 2.42. The van der Waals surface area contributed by atoms with E-state index in [1.165, 1.54) is 18.2 Å². The third kappa shape index (κ3) is 6.66. The fraction of sp³-hybridized carbons (Fsp3) is 0.333. The van der Waals surface area contributed by atoms with Gasteiger partial charge in [0.1, 0.15) is 5.69 Å². The second kappa shape index (κ2) is 10.1. The highest BCUT2D eigenvalue weighted by atomic mass is 35.5. The summed E-state index contributed by atoms with van der Waals surface area (Å²) in [5.74, 6) is 0. The molecule has 0 radical (unpaired) electrons. The normalized spacial score (nSPS) is 12.0. The minimum absolute atomic E-state index is 0.0282. The van der Waals surface area contributed by atoms with Crippen LogP contribution in [0.3, 0.4) is 0 Å². The lowest BCUT2D eigenvalue weighted by Crippen LogP contribution is -2.29. The van der Waals surface area contributed by atoms with Crippen LogP contribution >= 0.6 is 23.4 Å². The summed E-state index contributed by atoms with van der Waals surface area (Å²) in [7, 11) is 0. The maximum atomic E-state index is 12.7. The zero-order valence-electron chi connectivity index (χ0n) is 14.9. The molecule has 0 aromatic heterocycles. The van der Waals surface area contributed by atoms with Gasteiger partial charge in [0.05, 0.1) is 18.9 Å². The van der Waals surface area contributed by atoms with E-state index in [2.05, 4.69) is 10.2 Å². The van der Waals surface area contributed by atoms with Crippen LogP contribution in [-0.2, 0) is 0 Å². The van der Waals surface area contributed by atoms with Crippen molar-refractivity contribution in [3.05, 3.63) is 47.0 Å². The number of alkyl halides is 3. The maximum Gasteiger partial charge on any atom is 0.446 e. The summed E-state index contributed by atoms with van der Waals surface area (Å²) < 4.78 is 38.1. The standard InChI is InChI=1S/C18H19ClF3N3O2S/c1-12-10-14(25(6-8-26)7-9-27)3-4-15(12)23-24-16-11-13(19)2-5-17(16)28-18(20,21)22/h2-5,10-11,26-27H,6-9H2,1H3. The van der Waals surface area contributed by atoms with E-state index in [4.69, 9.17) is 21.8 Å². The molecule has 0 saturated heterocycles. The van der Waals surface area contributed by atoms with Crippen LogP contribution in [0.15, 0.2) is 51.5 Å². The molecule has 5 nitrogen and oxygen atoms in total. The van der Waals surface area contributed by atoms with Crippen molar-refractivity contribution in [1.82, 2.24) is 0 Å². The van der Waals surface area contributed by atoms with Gasteiger partial charge >= 0.3 is 5.51 Å². The van der Waals surface area contributed by atoms with Crippen molar-refractivity contribution in [2.24, 2.45) is 10.2 Å². The molecule has 0 heterocycles. The van der Waals surface area contributed by atoms with Crippen molar-refractivity contribution in [1.29, 1.82) is 0 Å². The Morgan fingerprint density at radius 1 is 1.00 bits per heavy atom. The molecule has 0 fully saturated rings. The Labute approximate surface area is 169 Å². The van der Waals surface area contributed by atoms with Crippen molar-refractivity contribution in [3.63, 3.8) is 0 Å². The Kier molecular flexibility index (Phi) is 8.11. The zero-order chi connectivity index (χ0) is 20.7. The SMILES string of the molecule is Cc1cc(N(CCO)CCO)ccc1N=Nc1cc(Cl)ccc1SC(F)(F)F. The minimum Gasteiger partial charge on any atom is -0.395 e. The first-order valence-electron chi connectivity index (χ1n) is 8.28. The summed E-state index contributed by atoms with van der Waals surface area (Å²) in [4.78, 5) is 1.72. The molecule has 28 heavy (non-hydrogen) atoms. The highest BCUT2D eigenvalue weighted by Gasteiger charge is 2.30. The molecule has 2 N–H and O–H groups in total. The van der Waals surface area contributed by atoms with E-state index in [0.717, 1.165) is 11.3 Å². The van der Waals surface area contributed by atoms with Crippen LogP contribution in [0.1, 0.15) is 5.56 Å². The van der Waals surface area contributed by atoms with Gasteiger partial charge in [-0.3, -0.25) is 0 Å². The topological polar surface area (TPSA) is 68.4 Å². The van der Waals surface area contributed by atoms with Gasteiger partial charge < -0.3 is 15.1 Å². The molecule has 0 saturated carbocycles. The molecule has 0 bridgehead atoms. The van der Waals surface area contributed by atoms with Gasteiger partial charge in [-0.2, -0.15) is 18.3 Å². The predicted octanol–water partition coefficient (Wildman–Crippen LogP) is 5.47. The maximum absolute atomic E-state index is 12.7. The summed E-state index contributed by atoms with van der Waals surface area (Å²) >= 11 is 5.60. The number of anilines is 1. The molecule has 0 aliphatic carbocycles. The van der Waals surface area contributed by atoms with Crippen LogP contribution in [-0.4, -0.2) is 42.0 Å². The van der Waals surface area contributed by atoms with Gasteiger partial charge in [-0.05, 0) is 60.6 Å². The van der Waals surface area contributed by atoms with E-state index >= 15 is 0 Å². The Hall–Kier alpha value is -1.81. The molecule has 0 spiro atoms. The minimum atomic E-state index is -4.45. The number of hydrogen-bond donors (Lipinski definition) is 2. The van der Waals surface area contributed by atoms with Gasteiger partial charge in [0.2, 0.25) is 0 Å². The molecular weight excluding hydrogens is 415 g/mol. The second-order valence-electron chi connectivity index (χ2n) is 5.76. The zero-order valence-corrected chi connectivity index (χ0v) is 16.5. The van der Waals surface area contributed by atoms with Crippen molar-refractivity contribution in [2.45, 2.75) is 17.3 Å². The smallest absolute Gasteiger partial charge is 0.395 e. The Morgan fingerprint density at radius 3 is 2.21 bits per heavy atom. The number of aliphatic hydroxyl groups excluding tert-OH is 2. The molecular formula is C18H19ClF3N3O2S. The lowest BCUT2D eigenvalue weighted by atomic mass is 10.1. The third-order valence-electron chi connectivity index (χ3n) is 3.70. The summed E-state index contributed by atoms with van der Waals surface area (Å²) in [6.45, 7) is 2.39. The Bertz CT molecular complexity index is 828. The molecule has 2 aromatic carbocycles. The van der Waals surface area contributed by atoms with Gasteiger partial charge in [-0.15, -0.1) is 5.11 Å². The van der Waals surface area contributed by atoms with E-state index in [9.17, 15) is 13.2 Å². The van der Waals surface area contributed by atoms with Crippen LogP contribution in [0.5, 0.6) is 0 Å². The molecule has 152 valence electrons. The first kappa shape index (κ1) is 22.5. The highest BCUT2D eigenvalue weighted by molar-refractivity contribution is 8.00. The number of hydrogen-bond acceptors (Lipinski definition) is 6. The van der Waals surface area contributed by atoms with E-state index in [0.29, 0.717) is 18.8 Å². The molecule has 0 aliphatic heterocycles. The molecule has 0 unspecified atom stereocenters. The van der Waals surface area contributed by atoms with Crippen LogP contribution in [0.4, 0.5) is 30.2 Å². The number of rotatable bonds is 8. The van der Waals surface area contributed by atoms with E-state index in [1.54, 1.807) is 19.1 Å². The lowest BCUT2D eigenvalue weighted by Gasteiger charge is -2.23. The number of thioether (sulfide) groups is 1. The first-order valence-corrected chi connectivity index (χ1v) is 9.47. The number of nitrogens with zero attached hydrogens (tertiary/aromatic N) is 3. The van der Waals surface area contributed by atoms with Crippen LogP contribution < -0.4 is 4.90 Å². The fourth-order valence-corrected chi connectivity index (χ4v) is 3.20. The van der Waals surface area contributed by atoms with Crippen molar-refractivity contribution < 1.29 is 23.4 Å². The van der Waals surface area contributed by atoms with Gasteiger partial charge in [-0.25, -0.2) is 0 Å². The second-order valence-corrected chi connectivity index (χ2v) is 7.31. The summed E-state index contributed by atoms with van der Waals surface area (Å²) in [6.07, 6.45) is 0. The predicted molar refractivity (Wildman–Crippen MR) is 105 cm³/mol. The molecule has 2 rings (SSSR count).